The smallest absolute Gasteiger partial charge is 1.00 e. The number of thiol groups is 2. The molecule has 128 valence electrons. The molecule has 0 aliphatic rings. The van der Waals surface area contributed by atoms with Crippen molar-refractivity contribution in [1.82, 2.24) is 15.3 Å². The number of H-pyrrole nitrogens is 1. The van der Waals surface area contributed by atoms with Crippen LogP contribution >= 0.6 is 25.3 Å². The fraction of sp³-hybridized carbons (Fsp3) is 0.643. The zero-order valence-corrected chi connectivity index (χ0v) is 20.8. The maximum absolute atomic E-state index is 12.0. The van der Waals surface area contributed by atoms with Crippen molar-refractivity contribution in [1.29, 1.82) is 0 Å². The van der Waals surface area contributed by atoms with Gasteiger partial charge in [0.15, 0.2) is 0 Å². The summed E-state index contributed by atoms with van der Waals surface area (Å²) in [6.07, 6.45) is 7.90. The Bertz CT molecular complexity index is 472. The molecule has 2 unspecified atom stereocenters. The van der Waals surface area contributed by atoms with Gasteiger partial charge in [-0.1, -0.05) is 19.3 Å². The summed E-state index contributed by atoms with van der Waals surface area (Å²) in [4.78, 5) is 29.9. The Hall–Kier alpha value is 0.473. The maximum Gasteiger partial charge on any atom is 1.00 e. The van der Waals surface area contributed by atoms with Gasteiger partial charge in [-0.3, -0.25) is 4.79 Å². The maximum atomic E-state index is 12.0. The van der Waals surface area contributed by atoms with Gasteiger partial charge in [-0.25, -0.2) is 9.78 Å². The molecular weight excluding hydrogens is 411 g/mol. The molecule has 0 aliphatic carbocycles. The molecule has 3 N–H and O–H groups in total. The molecule has 0 radical (unpaired) electrons. The van der Waals surface area contributed by atoms with Crippen LogP contribution in [0.15, 0.2) is 12.5 Å². The number of carbonyl (C=O) groups excluding carboxylic acids is 1. The Labute approximate surface area is 190 Å². The van der Waals surface area contributed by atoms with Crippen LogP contribution in [-0.4, -0.2) is 44.0 Å². The van der Waals surface area contributed by atoms with Crippen LogP contribution in [0.3, 0.4) is 0 Å². The molecule has 1 aromatic heterocycles. The minimum absolute atomic E-state index is 0. The Morgan fingerprint density at radius 2 is 2.00 bits per heavy atom. The third-order valence-electron chi connectivity index (χ3n) is 3.28. The van der Waals surface area contributed by atoms with Crippen LogP contribution in [0.2, 0.25) is 0 Å². The topological polar surface area (TPSA) is 95.1 Å². The molecule has 0 saturated heterocycles. The average Bonchev–Trinajstić information content (AvgIpc) is 2.98. The number of aliphatic carboxylic acids is 1. The second kappa shape index (κ2) is 15.7. The van der Waals surface area contributed by atoms with Crippen LogP contribution in [0.4, 0.5) is 0 Å². The van der Waals surface area contributed by atoms with Gasteiger partial charge in [0.1, 0.15) is 6.04 Å². The number of carboxylic acids is 1. The molecule has 0 bridgehead atoms. The molecule has 0 fully saturated rings. The largest absolute Gasteiger partial charge is 1.00 e. The molecule has 0 spiro atoms. The van der Waals surface area contributed by atoms with Gasteiger partial charge in [-0.2, -0.15) is 25.3 Å². The molecular formula is C14H24N3NaO3S2Zn. The first-order valence-electron chi connectivity index (χ1n) is 7.34. The number of amides is 1. The van der Waals surface area contributed by atoms with Gasteiger partial charge in [0.2, 0.25) is 5.91 Å². The summed E-state index contributed by atoms with van der Waals surface area (Å²) in [6, 6.07) is -0.980. The summed E-state index contributed by atoms with van der Waals surface area (Å²) in [7, 11) is 0. The quantitative estimate of drug-likeness (QED) is 0.172. The van der Waals surface area contributed by atoms with Gasteiger partial charge in [0.25, 0.3) is 0 Å². The second-order valence-electron chi connectivity index (χ2n) is 5.12. The SMILES string of the molecule is O=C(NC(Cc1cnc[nH]1)C(=O)O)C(S)CCCCCCS.[H-].[Na+].[Zn]. The van der Waals surface area contributed by atoms with E-state index in [4.69, 9.17) is 0 Å². The number of rotatable bonds is 11. The van der Waals surface area contributed by atoms with Crippen LogP contribution < -0.4 is 34.9 Å². The molecule has 0 saturated carbocycles. The molecule has 10 heteroatoms. The normalized spacial score (nSPS) is 12.4. The first kappa shape index (κ1) is 26.7. The minimum Gasteiger partial charge on any atom is -1.00 e. The summed E-state index contributed by atoms with van der Waals surface area (Å²) in [5, 5.41) is 11.2. The van der Waals surface area contributed by atoms with Gasteiger partial charge in [0, 0.05) is 37.8 Å². The molecule has 6 nitrogen and oxygen atoms in total. The number of carboxylic acid groups (broad SMARTS) is 1. The number of carbonyl (C=O) groups is 2. The van der Waals surface area contributed by atoms with E-state index < -0.39 is 17.3 Å². The summed E-state index contributed by atoms with van der Waals surface area (Å²) in [5.41, 5.74) is 0.662. The third kappa shape index (κ3) is 11.2. The van der Waals surface area contributed by atoms with Crippen LogP contribution in [0.5, 0.6) is 0 Å². The van der Waals surface area contributed by atoms with Crippen LogP contribution in [0, 0.1) is 0 Å². The minimum atomic E-state index is -1.07. The van der Waals surface area contributed by atoms with Crippen molar-refractivity contribution in [3.05, 3.63) is 18.2 Å². The number of imidazole rings is 1. The van der Waals surface area contributed by atoms with Crippen molar-refractivity contribution in [3.63, 3.8) is 0 Å². The van der Waals surface area contributed by atoms with Gasteiger partial charge in [-0.05, 0) is 18.6 Å². The Morgan fingerprint density at radius 3 is 2.54 bits per heavy atom. The summed E-state index contributed by atoms with van der Waals surface area (Å²) in [5.74, 6) is -0.541. The van der Waals surface area contributed by atoms with E-state index in [-0.39, 0.29) is 62.8 Å². The van der Waals surface area contributed by atoms with E-state index in [1.54, 1.807) is 6.20 Å². The Kier molecular flexibility index (Phi) is 17.5. The van der Waals surface area contributed by atoms with Crippen molar-refractivity contribution >= 4 is 37.1 Å². The number of hydrogen-bond acceptors (Lipinski definition) is 5. The van der Waals surface area contributed by atoms with E-state index in [1.807, 2.05) is 0 Å². The molecule has 1 aromatic rings. The Balaban J connectivity index is -0.00000161. The van der Waals surface area contributed by atoms with Gasteiger partial charge >= 0.3 is 35.5 Å². The molecule has 1 rings (SSSR count). The zero-order chi connectivity index (χ0) is 16.4. The van der Waals surface area contributed by atoms with E-state index in [0.29, 0.717) is 12.1 Å². The first-order valence-corrected chi connectivity index (χ1v) is 8.48. The number of nitrogens with one attached hydrogen (secondary N) is 2. The average molecular weight is 435 g/mol. The standard InChI is InChI=1S/C14H23N3O3S2.Na.Zn.H/c18-13(12(22)5-3-1-2-4-6-21)17-11(14(19)20)7-10-8-15-9-16-10;;;/h8-9,11-12,21-22H,1-7H2,(H,15,16)(H,17,18)(H,19,20);;;/q;+1;;-1. The summed E-state index contributed by atoms with van der Waals surface area (Å²) in [6.45, 7) is 0. The monoisotopic (exact) mass is 433 g/mol. The van der Waals surface area contributed by atoms with Gasteiger partial charge < -0.3 is 16.8 Å². The first-order chi connectivity index (χ1) is 10.5. The molecule has 0 aliphatic heterocycles. The molecule has 2 atom stereocenters. The van der Waals surface area contributed by atoms with E-state index in [2.05, 4.69) is 40.5 Å². The molecule has 1 amide bonds. The van der Waals surface area contributed by atoms with E-state index in [0.717, 1.165) is 31.4 Å². The number of aromatic nitrogens is 2. The van der Waals surface area contributed by atoms with Crippen molar-refractivity contribution in [2.75, 3.05) is 5.75 Å². The predicted molar refractivity (Wildman–Crippen MR) is 92.7 cm³/mol. The summed E-state index contributed by atoms with van der Waals surface area (Å²) >= 11 is 8.41. The van der Waals surface area contributed by atoms with Crippen molar-refractivity contribution in [2.45, 2.75) is 49.8 Å². The van der Waals surface area contributed by atoms with Crippen molar-refractivity contribution in [3.8, 4) is 0 Å². The van der Waals surface area contributed by atoms with Gasteiger partial charge in [0.05, 0.1) is 11.6 Å². The predicted octanol–water partition coefficient (Wildman–Crippen LogP) is -1.19. The summed E-state index contributed by atoms with van der Waals surface area (Å²) < 4.78 is 0. The third-order valence-corrected chi connectivity index (χ3v) is 4.09. The fourth-order valence-corrected chi connectivity index (χ4v) is 2.50. The van der Waals surface area contributed by atoms with E-state index in [9.17, 15) is 14.7 Å². The zero-order valence-electron chi connectivity index (χ0n) is 15.1. The number of unbranched alkanes of at least 4 members (excludes halogenated alkanes) is 3. The fourth-order valence-electron chi connectivity index (χ4n) is 2.02. The Morgan fingerprint density at radius 1 is 1.33 bits per heavy atom. The second-order valence-corrected chi connectivity index (χ2v) is 6.19. The van der Waals surface area contributed by atoms with E-state index >= 15 is 0 Å². The van der Waals surface area contributed by atoms with E-state index in [1.165, 1.54) is 6.33 Å². The molecule has 1 heterocycles. The van der Waals surface area contributed by atoms with Crippen molar-refractivity contribution in [2.24, 2.45) is 0 Å². The van der Waals surface area contributed by atoms with Gasteiger partial charge in [-0.15, -0.1) is 0 Å². The number of hydrogen-bond donors (Lipinski definition) is 5. The van der Waals surface area contributed by atoms with Crippen LogP contribution in [-0.2, 0) is 35.5 Å². The van der Waals surface area contributed by atoms with Crippen LogP contribution in [0.25, 0.3) is 0 Å². The molecule has 0 aromatic carbocycles. The number of aromatic amines is 1. The van der Waals surface area contributed by atoms with Crippen molar-refractivity contribution < 1.29 is 65.2 Å². The van der Waals surface area contributed by atoms with Crippen LogP contribution in [0.1, 0.15) is 39.2 Å². The number of nitrogens with zero attached hydrogens (tertiary/aromatic N) is 1. The molecule has 24 heavy (non-hydrogen) atoms.